The van der Waals surface area contributed by atoms with E-state index in [1.807, 2.05) is 6.07 Å². The Kier molecular flexibility index (Phi) is 5.92. The summed E-state index contributed by atoms with van der Waals surface area (Å²) in [5.74, 6) is 0.263. The van der Waals surface area contributed by atoms with Gasteiger partial charge in [0, 0.05) is 19.4 Å². The molecule has 0 amide bonds. The van der Waals surface area contributed by atoms with Crippen LogP contribution < -0.4 is 0 Å². The standard InChI is InChI=1S/C15H22O2/c1-4-9-17-10-8-14(16)11-15-12(2)6-5-7-13(15)3/h5-7H,4,8-11H2,1-3H3. The van der Waals surface area contributed by atoms with E-state index in [4.69, 9.17) is 4.74 Å². The summed E-state index contributed by atoms with van der Waals surface area (Å²) in [5, 5.41) is 0. The molecule has 1 rings (SSSR count). The summed E-state index contributed by atoms with van der Waals surface area (Å²) in [6, 6.07) is 6.15. The van der Waals surface area contributed by atoms with Crippen molar-refractivity contribution in [2.75, 3.05) is 13.2 Å². The van der Waals surface area contributed by atoms with E-state index in [9.17, 15) is 4.79 Å². The molecule has 0 aliphatic rings. The molecule has 0 radical (unpaired) electrons. The van der Waals surface area contributed by atoms with E-state index in [-0.39, 0.29) is 5.78 Å². The fourth-order valence-electron chi connectivity index (χ4n) is 1.85. The molecule has 0 N–H and O–H groups in total. The van der Waals surface area contributed by atoms with E-state index in [0.29, 0.717) is 19.4 Å². The van der Waals surface area contributed by atoms with E-state index in [2.05, 4.69) is 32.9 Å². The molecular weight excluding hydrogens is 212 g/mol. The highest BCUT2D eigenvalue weighted by Crippen LogP contribution is 2.14. The van der Waals surface area contributed by atoms with E-state index in [0.717, 1.165) is 13.0 Å². The van der Waals surface area contributed by atoms with Gasteiger partial charge in [0.25, 0.3) is 0 Å². The first-order chi connectivity index (χ1) is 8.15. The Balaban J connectivity index is 2.45. The molecule has 0 fully saturated rings. The lowest BCUT2D eigenvalue weighted by atomic mass is 9.97. The molecule has 0 unspecified atom stereocenters. The van der Waals surface area contributed by atoms with Gasteiger partial charge in [0.1, 0.15) is 5.78 Å². The molecule has 0 aromatic heterocycles. The smallest absolute Gasteiger partial charge is 0.139 e. The second-order valence-corrected chi connectivity index (χ2v) is 4.45. The van der Waals surface area contributed by atoms with Crippen molar-refractivity contribution in [3.05, 3.63) is 34.9 Å². The number of hydrogen-bond acceptors (Lipinski definition) is 2. The summed E-state index contributed by atoms with van der Waals surface area (Å²) in [6.45, 7) is 7.49. The molecular formula is C15H22O2. The third-order valence-electron chi connectivity index (χ3n) is 2.89. The number of ketones is 1. The molecule has 0 aliphatic heterocycles. The van der Waals surface area contributed by atoms with Crippen LogP contribution in [0.1, 0.15) is 36.5 Å². The van der Waals surface area contributed by atoms with Gasteiger partial charge < -0.3 is 4.74 Å². The summed E-state index contributed by atoms with van der Waals surface area (Å²) in [4.78, 5) is 11.8. The van der Waals surface area contributed by atoms with Crippen LogP contribution in [0.4, 0.5) is 0 Å². The van der Waals surface area contributed by atoms with Crippen LogP contribution in [0.25, 0.3) is 0 Å². The van der Waals surface area contributed by atoms with Gasteiger partial charge in [-0.25, -0.2) is 0 Å². The van der Waals surface area contributed by atoms with E-state index < -0.39 is 0 Å². The maximum atomic E-state index is 11.8. The van der Waals surface area contributed by atoms with Crippen LogP contribution in [-0.4, -0.2) is 19.0 Å². The van der Waals surface area contributed by atoms with Gasteiger partial charge in [-0.15, -0.1) is 0 Å². The number of aryl methyl sites for hydroxylation is 2. The number of hydrogen-bond donors (Lipinski definition) is 0. The zero-order chi connectivity index (χ0) is 12.7. The van der Waals surface area contributed by atoms with Crippen molar-refractivity contribution in [1.29, 1.82) is 0 Å². The minimum atomic E-state index is 0.263. The van der Waals surface area contributed by atoms with Gasteiger partial charge in [-0.2, -0.15) is 0 Å². The number of Topliss-reactive ketones (excluding diaryl/α,β-unsaturated/α-hetero) is 1. The van der Waals surface area contributed by atoms with Crippen molar-refractivity contribution in [3.63, 3.8) is 0 Å². The third-order valence-corrected chi connectivity index (χ3v) is 2.89. The highest BCUT2D eigenvalue weighted by atomic mass is 16.5. The summed E-state index contributed by atoms with van der Waals surface area (Å²) < 4.78 is 5.33. The maximum absolute atomic E-state index is 11.8. The SMILES string of the molecule is CCCOCCC(=O)Cc1c(C)cccc1C. The summed E-state index contributed by atoms with van der Waals surface area (Å²) in [6.07, 6.45) is 2.06. The Labute approximate surface area is 104 Å². The van der Waals surface area contributed by atoms with Crippen LogP contribution in [0, 0.1) is 13.8 Å². The number of carbonyl (C=O) groups is 1. The fraction of sp³-hybridized carbons (Fsp3) is 0.533. The lowest BCUT2D eigenvalue weighted by Gasteiger charge is -2.09. The second-order valence-electron chi connectivity index (χ2n) is 4.45. The molecule has 0 spiro atoms. The molecule has 1 aromatic rings. The zero-order valence-electron chi connectivity index (χ0n) is 11.1. The molecule has 0 saturated heterocycles. The normalized spacial score (nSPS) is 10.5. The van der Waals surface area contributed by atoms with E-state index >= 15 is 0 Å². The molecule has 1 aromatic carbocycles. The lowest BCUT2D eigenvalue weighted by molar-refractivity contribution is -0.119. The topological polar surface area (TPSA) is 26.3 Å². The predicted octanol–water partition coefficient (Wildman–Crippen LogP) is 3.23. The lowest BCUT2D eigenvalue weighted by Crippen LogP contribution is -2.09. The Bertz CT molecular complexity index is 349. The van der Waals surface area contributed by atoms with Crippen LogP contribution in [0.5, 0.6) is 0 Å². The maximum Gasteiger partial charge on any atom is 0.139 e. The van der Waals surface area contributed by atoms with Gasteiger partial charge in [-0.1, -0.05) is 25.1 Å². The van der Waals surface area contributed by atoms with Crippen LogP contribution in [0.3, 0.4) is 0 Å². The van der Waals surface area contributed by atoms with Gasteiger partial charge >= 0.3 is 0 Å². The van der Waals surface area contributed by atoms with Crippen molar-refractivity contribution < 1.29 is 9.53 Å². The highest BCUT2D eigenvalue weighted by molar-refractivity contribution is 5.81. The minimum absolute atomic E-state index is 0.263. The fourth-order valence-corrected chi connectivity index (χ4v) is 1.85. The Morgan fingerprint density at radius 3 is 2.41 bits per heavy atom. The van der Waals surface area contributed by atoms with Gasteiger partial charge in [0.05, 0.1) is 6.61 Å². The first-order valence-corrected chi connectivity index (χ1v) is 6.29. The summed E-state index contributed by atoms with van der Waals surface area (Å²) in [5.41, 5.74) is 3.58. The highest BCUT2D eigenvalue weighted by Gasteiger charge is 2.08. The van der Waals surface area contributed by atoms with Crippen molar-refractivity contribution in [3.8, 4) is 0 Å². The van der Waals surface area contributed by atoms with Crippen molar-refractivity contribution in [1.82, 2.24) is 0 Å². The number of benzene rings is 1. The first-order valence-electron chi connectivity index (χ1n) is 6.29. The third kappa shape index (κ3) is 4.70. The van der Waals surface area contributed by atoms with Crippen LogP contribution in [0.2, 0.25) is 0 Å². The molecule has 94 valence electrons. The molecule has 0 aliphatic carbocycles. The van der Waals surface area contributed by atoms with Crippen LogP contribution in [-0.2, 0) is 16.0 Å². The second kappa shape index (κ2) is 7.23. The molecule has 0 atom stereocenters. The first kappa shape index (κ1) is 13.9. The van der Waals surface area contributed by atoms with Gasteiger partial charge in [-0.05, 0) is 37.0 Å². The molecule has 17 heavy (non-hydrogen) atoms. The molecule has 0 saturated carbocycles. The van der Waals surface area contributed by atoms with Gasteiger partial charge in [0.2, 0.25) is 0 Å². The molecule has 0 bridgehead atoms. The average molecular weight is 234 g/mol. The monoisotopic (exact) mass is 234 g/mol. The van der Waals surface area contributed by atoms with Gasteiger partial charge in [0.15, 0.2) is 0 Å². The molecule has 0 heterocycles. The van der Waals surface area contributed by atoms with Crippen LogP contribution >= 0.6 is 0 Å². The molecule has 2 nitrogen and oxygen atoms in total. The zero-order valence-corrected chi connectivity index (χ0v) is 11.1. The van der Waals surface area contributed by atoms with E-state index in [1.54, 1.807) is 0 Å². The Morgan fingerprint density at radius 2 is 1.82 bits per heavy atom. The van der Waals surface area contributed by atoms with Gasteiger partial charge in [-0.3, -0.25) is 4.79 Å². The number of ether oxygens (including phenoxy) is 1. The average Bonchev–Trinajstić information content (AvgIpc) is 2.30. The van der Waals surface area contributed by atoms with E-state index in [1.165, 1.54) is 16.7 Å². The van der Waals surface area contributed by atoms with Crippen molar-refractivity contribution >= 4 is 5.78 Å². The minimum Gasteiger partial charge on any atom is -0.381 e. The summed E-state index contributed by atoms with van der Waals surface area (Å²) in [7, 11) is 0. The Morgan fingerprint density at radius 1 is 1.18 bits per heavy atom. The Hall–Kier alpha value is -1.15. The quantitative estimate of drug-likeness (QED) is 0.677. The van der Waals surface area contributed by atoms with Crippen molar-refractivity contribution in [2.45, 2.75) is 40.0 Å². The van der Waals surface area contributed by atoms with Crippen LogP contribution in [0.15, 0.2) is 18.2 Å². The largest absolute Gasteiger partial charge is 0.381 e. The number of rotatable bonds is 7. The molecule has 2 heteroatoms. The predicted molar refractivity (Wildman–Crippen MR) is 70.4 cm³/mol. The summed E-state index contributed by atoms with van der Waals surface area (Å²) >= 11 is 0. The van der Waals surface area contributed by atoms with Crippen molar-refractivity contribution in [2.24, 2.45) is 0 Å². The number of carbonyl (C=O) groups excluding carboxylic acids is 1.